The molecule has 2 N–H and O–H groups in total. The number of rotatable bonds is 6. The highest BCUT2D eigenvalue weighted by molar-refractivity contribution is 6.33. The second kappa shape index (κ2) is 6.87. The second-order valence-corrected chi connectivity index (χ2v) is 4.95. The summed E-state index contributed by atoms with van der Waals surface area (Å²) in [5.41, 5.74) is 8.43. The third kappa shape index (κ3) is 3.90. The van der Waals surface area contributed by atoms with Crippen molar-refractivity contribution in [3.63, 3.8) is 0 Å². The van der Waals surface area contributed by atoms with Crippen LogP contribution in [-0.4, -0.2) is 19.6 Å². The monoisotopic (exact) mass is 254 g/mol. The molecule has 1 aromatic rings. The molecule has 0 radical (unpaired) electrons. The SMILES string of the molecule is CCCN(C)c1c(Cl)cccc1CC(N)CC. The Balaban J connectivity index is 2.99. The van der Waals surface area contributed by atoms with Gasteiger partial charge in [0.15, 0.2) is 0 Å². The van der Waals surface area contributed by atoms with Crippen molar-refractivity contribution in [2.75, 3.05) is 18.5 Å². The summed E-state index contributed by atoms with van der Waals surface area (Å²) in [4.78, 5) is 2.22. The van der Waals surface area contributed by atoms with E-state index in [0.717, 1.165) is 36.5 Å². The lowest BCUT2D eigenvalue weighted by molar-refractivity contribution is 0.645. The van der Waals surface area contributed by atoms with E-state index in [-0.39, 0.29) is 6.04 Å². The van der Waals surface area contributed by atoms with E-state index in [2.05, 4.69) is 31.9 Å². The maximum Gasteiger partial charge on any atom is 0.0642 e. The third-order valence-electron chi connectivity index (χ3n) is 3.02. The van der Waals surface area contributed by atoms with Gasteiger partial charge in [0.1, 0.15) is 0 Å². The van der Waals surface area contributed by atoms with Gasteiger partial charge in [-0.25, -0.2) is 0 Å². The van der Waals surface area contributed by atoms with Gasteiger partial charge < -0.3 is 10.6 Å². The first-order valence-corrected chi connectivity index (χ1v) is 6.72. The van der Waals surface area contributed by atoms with Crippen LogP contribution < -0.4 is 10.6 Å². The molecule has 96 valence electrons. The van der Waals surface area contributed by atoms with Crippen LogP contribution in [0.2, 0.25) is 5.02 Å². The highest BCUT2D eigenvalue weighted by Crippen LogP contribution is 2.30. The Morgan fingerprint density at radius 2 is 2.06 bits per heavy atom. The Hall–Kier alpha value is -0.730. The molecule has 0 heterocycles. The van der Waals surface area contributed by atoms with Crippen molar-refractivity contribution in [3.8, 4) is 0 Å². The molecule has 0 aliphatic carbocycles. The van der Waals surface area contributed by atoms with Gasteiger partial charge in [-0.05, 0) is 30.9 Å². The average molecular weight is 255 g/mol. The highest BCUT2D eigenvalue weighted by atomic mass is 35.5. The maximum atomic E-state index is 6.30. The molecule has 1 rings (SSSR count). The van der Waals surface area contributed by atoms with Crippen LogP contribution in [0, 0.1) is 0 Å². The number of nitrogens with zero attached hydrogens (tertiary/aromatic N) is 1. The Morgan fingerprint density at radius 1 is 1.35 bits per heavy atom. The minimum Gasteiger partial charge on any atom is -0.373 e. The van der Waals surface area contributed by atoms with Gasteiger partial charge in [-0.2, -0.15) is 0 Å². The third-order valence-corrected chi connectivity index (χ3v) is 3.32. The Labute approximate surface area is 110 Å². The molecule has 0 saturated carbocycles. The topological polar surface area (TPSA) is 29.3 Å². The average Bonchev–Trinajstić information content (AvgIpc) is 2.29. The molecule has 3 heteroatoms. The first-order valence-electron chi connectivity index (χ1n) is 6.34. The van der Waals surface area contributed by atoms with Gasteiger partial charge in [0.05, 0.1) is 10.7 Å². The minimum absolute atomic E-state index is 0.210. The Morgan fingerprint density at radius 3 is 2.65 bits per heavy atom. The van der Waals surface area contributed by atoms with E-state index in [0.29, 0.717) is 0 Å². The molecule has 1 atom stereocenters. The second-order valence-electron chi connectivity index (χ2n) is 4.54. The van der Waals surface area contributed by atoms with E-state index in [1.54, 1.807) is 0 Å². The standard InChI is InChI=1S/C14H23ClN2/c1-4-9-17(3)14-11(10-12(16)5-2)7-6-8-13(14)15/h6-8,12H,4-5,9-10,16H2,1-3H3. The number of hydrogen-bond donors (Lipinski definition) is 1. The molecule has 1 unspecified atom stereocenters. The summed E-state index contributed by atoms with van der Waals surface area (Å²) in [6.45, 7) is 5.30. The van der Waals surface area contributed by atoms with Crippen molar-refractivity contribution in [1.29, 1.82) is 0 Å². The zero-order chi connectivity index (χ0) is 12.8. The summed E-state index contributed by atoms with van der Waals surface area (Å²) in [6.07, 6.45) is 2.99. The number of nitrogens with two attached hydrogens (primary N) is 1. The lowest BCUT2D eigenvalue weighted by Gasteiger charge is -2.24. The molecule has 0 bridgehead atoms. The lowest BCUT2D eigenvalue weighted by atomic mass is 10.0. The Bertz CT molecular complexity index is 352. The largest absolute Gasteiger partial charge is 0.373 e. The smallest absolute Gasteiger partial charge is 0.0642 e. The fourth-order valence-corrected chi connectivity index (χ4v) is 2.36. The van der Waals surface area contributed by atoms with Crippen LogP contribution in [0.4, 0.5) is 5.69 Å². The number of benzene rings is 1. The summed E-state index contributed by atoms with van der Waals surface area (Å²) in [6, 6.07) is 6.29. The summed E-state index contributed by atoms with van der Waals surface area (Å²) in [5.74, 6) is 0. The molecule has 0 aliphatic heterocycles. The van der Waals surface area contributed by atoms with Crippen molar-refractivity contribution in [2.24, 2.45) is 5.73 Å². The molecule has 17 heavy (non-hydrogen) atoms. The summed E-state index contributed by atoms with van der Waals surface area (Å²) < 4.78 is 0. The van der Waals surface area contributed by atoms with Crippen LogP contribution in [-0.2, 0) is 6.42 Å². The van der Waals surface area contributed by atoms with Crippen LogP contribution >= 0.6 is 11.6 Å². The van der Waals surface area contributed by atoms with Crippen LogP contribution in [0.3, 0.4) is 0 Å². The fourth-order valence-electron chi connectivity index (χ4n) is 2.03. The zero-order valence-corrected chi connectivity index (χ0v) is 11.8. The predicted molar refractivity (Wildman–Crippen MR) is 77.0 cm³/mol. The number of hydrogen-bond acceptors (Lipinski definition) is 2. The number of para-hydroxylation sites is 1. The first-order chi connectivity index (χ1) is 8.10. The summed E-state index contributed by atoms with van der Waals surface area (Å²) in [5, 5.41) is 0.821. The maximum absolute atomic E-state index is 6.30. The van der Waals surface area contributed by atoms with Gasteiger partial charge in [-0.1, -0.05) is 37.6 Å². The molecule has 2 nitrogen and oxygen atoms in total. The van der Waals surface area contributed by atoms with Crippen LogP contribution in [0.25, 0.3) is 0 Å². The van der Waals surface area contributed by atoms with Crippen molar-refractivity contribution in [2.45, 2.75) is 39.2 Å². The van der Waals surface area contributed by atoms with Gasteiger partial charge in [0, 0.05) is 19.6 Å². The molecule has 0 amide bonds. The summed E-state index contributed by atoms with van der Waals surface area (Å²) in [7, 11) is 2.09. The molecule has 0 fully saturated rings. The molecule has 0 aliphatic rings. The van der Waals surface area contributed by atoms with Gasteiger partial charge in [-0.3, -0.25) is 0 Å². The highest BCUT2D eigenvalue weighted by Gasteiger charge is 2.13. The molecule has 0 spiro atoms. The molecular formula is C14H23ClN2. The quantitative estimate of drug-likeness (QED) is 0.842. The normalized spacial score (nSPS) is 12.5. The predicted octanol–water partition coefficient (Wildman–Crippen LogP) is 3.47. The van der Waals surface area contributed by atoms with E-state index >= 15 is 0 Å². The van der Waals surface area contributed by atoms with E-state index < -0.39 is 0 Å². The number of halogens is 1. The van der Waals surface area contributed by atoms with E-state index in [1.807, 2.05) is 12.1 Å². The summed E-state index contributed by atoms with van der Waals surface area (Å²) >= 11 is 6.30. The van der Waals surface area contributed by atoms with Gasteiger partial charge in [-0.15, -0.1) is 0 Å². The van der Waals surface area contributed by atoms with Crippen LogP contribution in [0.1, 0.15) is 32.3 Å². The van der Waals surface area contributed by atoms with Gasteiger partial charge in [0.2, 0.25) is 0 Å². The van der Waals surface area contributed by atoms with Crippen molar-refractivity contribution < 1.29 is 0 Å². The molecule has 0 saturated heterocycles. The minimum atomic E-state index is 0.210. The first kappa shape index (κ1) is 14.3. The van der Waals surface area contributed by atoms with Gasteiger partial charge in [0.25, 0.3) is 0 Å². The Kier molecular flexibility index (Phi) is 5.79. The zero-order valence-electron chi connectivity index (χ0n) is 11.0. The van der Waals surface area contributed by atoms with Crippen LogP contribution in [0.15, 0.2) is 18.2 Å². The number of anilines is 1. The lowest BCUT2D eigenvalue weighted by Crippen LogP contribution is -2.25. The van der Waals surface area contributed by atoms with E-state index in [4.69, 9.17) is 17.3 Å². The van der Waals surface area contributed by atoms with E-state index in [1.165, 1.54) is 5.56 Å². The fraction of sp³-hybridized carbons (Fsp3) is 0.571. The molecule has 1 aromatic carbocycles. The van der Waals surface area contributed by atoms with Crippen molar-refractivity contribution in [3.05, 3.63) is 28.8 Å². The van der Waals surface area contributed by atoms with Crippen molar-refractivity contribution >= 4 is 17.3 Å². The van der Waals surface area contributed by atoms with E-state index in [9.17, 15) is 0 Å². The molecule has 0 aromatic heterocycles. The van der Waals surface area contributed by atoms with Crippen LogP contribution in [0.5, 0.6) is 0 Å². The van der Waals surface area contributed by atoms with Crippen molar-refractivity contribution in [1.82, 2.24) is 0 Å². The molecular weight excluding hydrogens is 232 g/mol. The van der Waals surface area contributed by atoms with Gasteiger partial charge >= 0.3 is 0 Å².